The molecule has 0 radical (unpaired) electrons. The number of nitrogens with zero attached hydrogens (tertiary/aromatic N) is 1. The second-order valence-electron chi connectivity index (χ2n) is 5.79. The first-order valence-corrected chi connectivity index (χ1v) is 7.75. The molecule has 3 rings (SSSR count). The van der Waals surface area contributed by atoms with Gasteiger partial charge < -0.3 is 4.90 Å². The molecule has 4 heteroatoms. The number of rotatable bonds is 3. The normalized spacial score (nSPS) is 12.6. The molecule has 3 aromatic rings. The second kappa shape index (κ2) is 6.52. The Kier molecular flexibility index (Phi) is 4.41. The predicted octanol–water partition coefficient (Wildman–Crippen LogP) is 5.67. The lowest BCUT2D eigenvalue weighted by Crippen LogP contribution is -2.23. The third kappa shape index (κ3) is 3.32. The van der Waals surface area contributed by atoms with Crippen LogP contribution in [-0.4, -0.2) is 7.05 Å². The highest BCUT2D eigenvalue weighted by molar-refractivity contribution is 5.87. The van der Waals surface area contributed by atoms with Crippen molar-refractivity contribution < 1.29 is 13.2 Å². The van der Waals surface area contributed by atoms with Crippen molar-refractivity contribution in [2.24, 2.45) is 0 Å². The number of benzene rings is 3. The summed E-state index contributed by atoms with van der Waals surface area (Å²) in [5.74, 6) is 2.76. The number of fused-ring (bicyclic) bond motifs is 1. The number of alkyl halides is 3. The highest BCUT2D eigenvalue weighted by Gasteiger charge is 2.30. The number of hydrogen-bond donors (Lipinski definition) is 0. The average molecular weight is 339 g/mol. The summed E-state index contributed by atoms with van der Waals surface area (Å²) in [6.45, 7) is 0. The standard InChI is InChI=1S/C21H16F3N/c1-3-20(19-10-6-8-15-7-4-5-9-18(15)19)25(2)17-13-11-16(12-14-17)21(22,23)24/h1,4-14,20H,2H3/t20-/m0/s1. The molecule has 0 aliphatic rings. The maximum atomic E-state index is 12.7. The van der Waals surface area contributed by atoms with Gasteiger partial charge in [-0.15, -0.1) is 6.42 Å². The maximum Gasteiger partial charge on any atom is 0.416 e. The topological polar surface area (TPSA) is 3.24 Å². The average Bonchev–Trinajstić information content (AvgIpc) is 2.62. The molecular weight excluding hydrogens is 323 g/mol. The van der Waals surface area contributed by atoms with Gasteiger partial charge in [-0.2, -0.15) is 13.2 Å². The Hall–Kier alpha value is -2.93. The van der Waals surface area contributed by atoms with E-state index in [1.807, 2.05) is 47.4 Å². The van der Waals surface area contributed by atoms with Crippen LogP contribution in [0, 0.1) is 12.3 Å². The van der Waals surface area contributed by atoms with E-state index >= 15 is 0 Å². The Morgan fingerprint density at radius 2 is 1.56 bits per heavy atom. The summed E-state index contributed by atoms with van der Waals surface area (Å²) in [4.78, 5) is 1.81. The van der Waals surface area contributed by atoms with Crippen molar-refractivity contribution in [3.63, 3.8) is 0 Å². The van der Waals surface area contributed by atoms with Crippen molar-refractivity contribution >= 4 is 16.5 Å². The molecule has 3 aromatic carbocycles. The molecule has 0 aromatic heterocycles. The van der Waals surface area contributed by atoms with Crippen molar-refractivity contribution in [2.45, 2.75) is 12.2 Å². The van der Waals surface area contributed by atoms with E-state index in [0.29, 0.717) is 5.69 Å². The Labute approximate surface area is 144 Å². The van der Waals surface area contributed by atoms with E-state index in [9.17, 15) is 13.2 Å². The molecule has 1 nitrogen and oxygen atoms in total. The molecule has 0 aliphatic heterocycles. The first kappa shape index (κ1) is 16.9. The zero-order chi connectivity index (χ0) is 18.0. The van der Waals surface area contributed by atoms with Crippen molar-refractivity contribution in [1.29, 1.82) is 0 Å². The fraction of sp³-hybridized carbons (Fsp3) is 0.143. The van der Waals surface area contributed by atoms with Crippen LogP contribution < -0.4 is 4.90 Å². The molecule has 0 unspecified atom stereocenters. The van der Waals surface area contributed by atoms with Gasteiger partial charge in [0.05, 0.1) is 5.56 Å². The minimum Gasteiger partial charge on any atom is -0.357 e. The molecule has 1 atom stereocenters. The smallest absolute Gasteiger partial charge is 0.357 e. The Morgan fingerprint density at radius 1 is 0.920 bits per heavy atom. The van der Waals surface area contributed by atoms with E-state index in [0.717, 1.165) is 28.5 Å². The van der Waals surface area contributed by atoms with Crippen LogP contribution in [0.3, 0.4) is 0 Å². The number of terminal acetylenes is 1. The number of halogens is 3. The van der Waals surface area contributed by atoms with Gasteiger partial charge in [0.15, 0.2) is 0 Å². The summed E-state index contributed by atoms with van der Waals surface area (Å²) in [7, 11) is 1.79. The fourth-order valence-corrected chi connectivity index (χ4v) is 2.93. The molecule has 0 bridgehead atoms. The van der Waals surface area contributed by atoms with Crippen LogP contribution in [0.2, 0.25) is 0 Å². The zero-order valence-electron chi connectivity index (χ0n) is 13.6. The summed E-state index contributed by atoms with van der Waals surface area (Å²) in [6, 6.07) is 18.4. The molecule has 0 spiro atoms. The van der Waals surface area contributed by atoms with Gasteiger partial charge in [-0.25, -0.2) is 0 Å². The summed E-state index contributed by atoms with van der Waals surface area (Å²) in [5, 5.41) is 2.10. The van der Waals surface area contributed by atoms with Gasteiger partial charge in [0.2, 0.25) is 0 Å². The lowest BCUT2D eigenvalue weighted by atomic mass is 9.98. The largest absolute Gasteiger partial charge is 0.416 e. The van der Waals surface area contributed by atoms with E-state index < -0.39 is 11.7 Å². The third-order valence-corrected chi connectivity index (χ3v) is 4.27. The third-order valence-electron chi connectivity index (χ3n) is 4.27. The Balaban J connectivity index is 1.99. The van der Waals surface area contributed by atoms with Crippen LogP contribution in [0.1, 0.15) is 17.2 Å². The van der Waals surface area contributed by atoms with Crippen molar-refractivity contribution in [3.05, 3.63) is 77.9 Å². The van der Waals surface area contributed by atoms with Crippen LogP contribution in [0.15, 0.2) is 66.7 Å². The molecule has 0 saturated heterocycles. The molecule has 126 valence electrons. The lowest BCUT2D eigenvalue weighted by Gasteiger charge is -2.27. The van der Waals surface area contributed by atoms with Crippen LogP contribution in [0.4, 0.5) is 18.9 Å². The summed E-state index contributed by atoms with van der Waals surface area (Å²) < 4.78 is 38.2. The molecule has 0 aliphatic carbocycles. The number of anilines is 1. The number of hydrogen-bond acceptors (Lipinski definition) is 1. The van der Waals surface area contributed by atoms with Crippen LogP contribution in [0.5, 0.6) is 0 Å². The van der Waals surface area contributed by atoms with Gasteiger partial charge in [0, 0.05) is 12.7 Å². The van der Waals surface area contributed by atoms with Crippen LogP contribution in [-0.2, 0) is 6.18 Å². The Bertz CT molecular complexity index is 915. The lowest BCUT2D eigenvalue weighted by molar-refractivity contribution is -0.137. The monoisotopic (exact) mass is 339 g/mol. The zero-order valence-corrected chi connectivity index (χ0v) is 13.6. The first-order chi connectivity index (χ1) is 11.9. The van der Waals surface area contributed by atoms with Gasteiger partial charge in [-0.05, 0) is 40.6 Å². The van der Waals surface area contributed by atoms with Crippen molar-refractivity contribution in [2.75, 3.05) is 11.9 Å². The molecular formula is C21H16F3N. The molecule has 0 fully saturated rings. The highest BCUT2D eigenvalue weighted by atomic mass is 19.4. The molecule has 0 heterocycles. The first-order valence-electron chi connectivity index (χ1n) is 7.75. The highest BCUT2D eigenvalue weighted by Crippen LogP contribution is 2.33. The van der Waals surface area contributed by atoms with Crippen LogP contribution >= 0.6 is 0 Å². The van der Waals surface area contributed by atoms with Gasteiger partial charge in [0.25, 0.3) is 0 Å². The van der Waals surface area contributed by atoms with Gasteiger partial charge in [-0.3, -0.25) is 0 Å². The fourth-order valence-electron chi connectivity index (χ4n) is 2.93. The van der Waals surface area contributed by atoms with Gasteiger partial charge >= 0.3 is 6.18 Å². The predicted molar refractivity (Wildman–Crippen MR) is 95.4 cm³/mol. The maximum absolute atomic E-state index is 12.7. The molecule has 0 N–H and O–H groups in total. The van der Waals surface area contributed by atoms with Gasteiger partial charge in [0.1, 0.15) is 6.04 Å². The Morgan fingerprint density at radius 3 is 2.20 bits per heavy atom. The van der Waals surface area contributed by atoms with Crippen molar-refractivity contribution in [3.8, 4) is 12.3 Å². The summed E-state index contributed by atoms with van der Waals surface area (Å²) in [6.07, 6.45) is 1.41. The summed E-state index contributed by atoms with van der Waals surface area (Å²) in [5.41, 5.74) is 0.902. The van der Waals surface area contributed by atoms with Gasteiger partial charge in [-0.1, -0.05) is 48.4 Å². The summed E-state index contributed by atoms with van der Waals surface area (Å²) >= 11 is 0. The second-order valence-corrected chi connectivity index (χ2v) is 5.79. The van der Waals surface area contributed by atoms with Crippen molar-refractivity contribution in [1.82, 2.24) is 0 Å². The molecule has 0 saturated carbocycles. The van der Waals surface area contributed by atoms with E-state index in [2.05, 4.69) is 5.92 Å². The quantitative estimate of drug-likeness (QED) is 0.556. The van der Waals surface area contributed by atoms with E-state index in [1.165, 1.54) is 12.1 Å². The SMILES string of the molecule is C#C[C@@H](c1cccc2ccccc12)N(C)c1ccc(C(F)(F)F)cc1. The van der Waals surface area contributed by atoms with E-state index in [-0.39, 0.29) is 6.04 Å². The van der Waals surface area contributed by atoms with E-state index in [1.54, 1.807) is 7.05 Å². The van der Waals surface area contributed by atoms with E-state index in [4.69, 9.17) is 6.42 Å². The minimum absolute atomic E-state index is 0.386. The van der Waals surface area contributed by atoms with Crippen LogP contribution in [0.25, 0.3) is 10.8 Å². The molecule has 25 heavy (non-hydrogen) atoms. The molecule has 0 amide bonds. The minimum atomic E-state index is -4.35.